The summed E-state index contributed by atoms with van der Waals surface area (Å²) < 4.78 is 5.18. The van der Waals surface area contributed by atoms with Gasteiger partial charge in [0, 0.05) is 6.07 Å². The van der Waals surface area contributed by atoms with Gasteiger partial charge in [0.05, 0.1) is 7.05 Å². The minimum atomic E-state index is -0.477. The topological polar surface area (TPSA) is 54.9 Å². The number of hydrogen-bond donors (Lipinski definition) is 2. The Balaban J connectivity index is 2.70. The van der Waals surface area contributed by atoms with Crippen molar-refractivity contribution in [2.24, 2.45) is 0 Å². The van der Waals surface area contributed by atoms with E-state index >= 15 is 0 Å². The molecule has 0 aromatic heterocycles. The third-order valence-corrected chi connectivity index (χ3v) is 1.91. The molecule has 1 rings (SSSR count). The molecule has 0 radical (unpaired) electrons. The van der Waals surface area contributed by atoms with Gasteiger partial charge < -0.3 is 10.1 Å². The summed E-state index contributed by atoms with van der Waals surface area (Å²) in [4.78, 5) is 11.5. The number of para-hydroxylation sites is 2. The van der Waals surface area contributed by atoms with Crippen LogP contribution in [0.3, 0.4) is 0 Å². The van der Waals surface area contributed by atoms with Crippen molar-refractivity contribution >= 4 is 17.5 Å². The third-order valence-electron chi connectivity index (χ3n) is 1.91. The average Bonchev–Trinajstić information content (AvgIpc) is 2.15. The van der Waals surface area contributed by atoms with Crippen molar-refractivity contribution in [2.45, 2.75) is 26.4 Å². The summed E-state index contributed by atoms with van der Waals surface area (Å²) in [6.07, 6.45) is -0.429. The standard InChI is InChI=1S/C12H18N2O2/c1-12(2,3)16-11(15)14-10-8-6-5-7-9(10)13-4/h5-8,13H,1-4H3,(H,14,15)/p+1. The molecule has 0 heterocycles. The lowest BCUT2D eigenvalue weighted by molar-refractivity contribution is -0.538. The number of anilines is 1. The minimum absolute atomic E-state index is 0.429. The van der Waals surface area contributed by atoms with Gasteiger partial charge in [-0.1, -0.05) is 12.1 Å². The summed E-state index contributed by atoms with van der Waals surface area (Å²) in [6, 6.07) is 7.58. The van der Waals surface area contributed by atoms with Crippen molar-refractivity contribution in [3.8, 4) is 0 Å². The SMILES string of the molecule is C[NH2+]c1ccccc1NC(=O)OC(C)(C)C. The van der Waals surface area contributed by atoms with Crippen molar-refractivity contribution in [1.82, 2.24) is 0 Å². The van der Waals surface area contributed by atoms with Crippen LogP contribution in [0.4, 0.5) is 16.2 Å². The van der Waals surface area contributed by atoms with E-state index in [0.717, 1.165) is 11.4 Å². The highest BCUT2D eigenvalue weighted by Crippen LogP contribution is 2.17. The molecular weight excluding hydrogens is 204 g/mol. The summed E-state index contributed by atoms with van der Waals surface area (Å²) in [6.45, 7) is 5.51. The Morgan fingerprint density at radius 1 is 1.31 bits per heavy atom. The van der Waals surface area contributed by atoms with Gasteiger partial charge in [-0.2, -0.15) is 0 Å². The zero-order chi connectivity index (χ0) is 12.2. The van der Waals surface area contributed by atoms with Crippen molar-refractivity contribution < 1.29 is 14.8 Å². The lowest BCUT2D eigenvalue weighted by Gasteiger charge is -2.19. The number of carbonyl (C=O) groups is 1. The predicted molar refractivity (Wildman–Crippen MR) is 63.8 cm³/mol. The van der Waals surface area contributed by atoms with Gasteiger partial charge >= 0.3 is 6.09 Å². The first kappa shape index (κ1) is 12.5. The van der Waals surface area contributed by atoms with Gasteiger partial charge in [0.1, 0.15) is 11.3 Å². The van der Waals surface area contributed by atoms with Crippen LogP contribution in [0.1, 0.15) is 20.8 Å². The highest BCUT2D eigenvalue weighted by atomic mass is 16.6. The van der Waals surface area contributed by atoms with Gasteiger partial charge in [-0.25, -0.2) is 4.79 Å². The fourth-order valence-corrected chi connectivity index (χ4v) is 1.28. The van der Waals surface area contributed by atoms with Crippen molar-refractivity contribution in [1.29, 1.82) is 0 Å². The molecule has 4 nitrogen and oxygen atoms in total. The molecule has 88 valence electrons. The number of rotatable bonds is 2. The first-order valence-corrected chi connectivity index (χ1v) is 5.31. The maximum atomic E-state index is 11.5. The molecule has 1 aromatic carbocycles. The van der Waals surface area contributed by atoms with E-state index in [0.29, 0.717) is 0 Å². The molecule has 1 amide bonds. The average molecular weight is 223 g/mol. The van der Waals surface area contributed by atoms with Gasteiger partial charge in [-0.05, 0) is 26.8 Å². The van der Waals surface area contributed by atoms with Gasteiger partial charge in [0.25, 0.3) is 0 Å². The van der Waals surface area contributed by atoms with Crippen LogP contribution in [-0.4, -0.2) is 18.7 Å². The van der Waals surface area contributed by atoms with Gasteiger partial charge in [0.2, 0.25) is 0 Å². The maximum Gasteiger partial charge on any atom is 0.412 e. The summed E-state index contributed by atoms with van der Waals surface area (Å²) in [5.74, 6) is 0. The lowest BCUT2D eigenvalue weighted by Crippen LogP contribution is -2.72. The predicted octanol–water partition coefficient (Wildman–Crippen LogP) is 1.86. The molecule has 0 aliphatic rings. The molecule has 3 N–H and O–H groups in total. The molecule has 16 heavy (non-hydrogen) atoms. The van der Waals surface area contributed by atoms with Crippen molar-refractivity contribution in [2.75, 3.05) is 12.4 Å². The Labute approximate surface area is 96.0 Å². The fraction of sp³-hybridized carbons (Fsp3) is 0.417. The number of hydrogen-bond acceptors (Lipinski definition) is 2. The van der Waals surface area contributed by atoms with Crippen LogP contribution in [-0.2, 0) is 4.74 Å². The normalized spacial score (nSPS) is 11.0. The second-order valence-electron chi connectivity index (χ2n) is 4.50. The van der Waals surface area contributed by atoms with Gasteiger partial charge in [-0.15, -0.1) is 0 Å². The Kier molecular flexibility index (Phi) is 3.90. The summed E-state index contributed by atoms with van der Waals surface area (Å²) in [7, 11) is 1.93. The zero-order valence-corrected chi connectivity index (χ0v) is 10.2. The van der Waals surface area contributed by atoms with Crippen molar-refractivity contribution in [3.05, 3.63) is 24.3 Å². The number of ether oxygens (including phenoxy) is 1. The highest BCUT2D eigenvalue weighted by Gasteiger charge is 2.17. The number of nitrogens with two attached hydrogens (primary N) is 1. The molecule has 0 aliphatic carbocycles. The largest absolute Gasteiger partial charge is 0.444 e. The molecule has 1 aromatic rings. The molecule has 0 bridgehead atoms. The molecule has 4 heteroatoms. The number of quaternary nitrogens is 1. The molecule has 0 unspecified atom stereocenters. The first-order valence-electron chi connectivity index (χ1n) is 5.31. The number of nitrogens with one attached hydrogen (secondary N) is 1. The lowest BCUT2D eigenvalue weighted by atomic mass is 10.2. The smallest absolute Gasteiger partial charge is 0.412 e. The van der Waals surface area contributed by atoms with E-state index in [4.69, 9.17) is 4.74 Å². The molecule has 0 atom stereocenters. The second kappa shape index (κ2) is 4.99. The summed E-state index contributed by atoms with van der Waals surface area (Å²) in [5, 5.41) is 4.66. The van der Waals surface area contributed by atoms with E-state index in [2.05, 4.69) is 5.32 Å². The maximum absolute atomic E-state index is 11.5. The van der Waals surface area contributed by atoms with Crippen LogP contribution in [0.15, 0.2) is 24.3 Å². The minimum Gasteiger partial charge on any atom is -0.444 e. The van der Waals surface area contributed by atoms with Crippen LogP contribution in [0.2, 0.25) is 0 Å². The molecule has 0 saturated heterocycles. The van der Waals surface area contributed by atoms with Crippen LogP contribution in [0, 0.1) is 0 Å². The highest BCUT2D eigenvalue weighted by molar-refractivity contribution is 5.87. The number of amides is 1. The van der Waals surface area contributed by atoms with Crippen LogP contribution < -0.4 is 10.6 Å². The molecule has 0 aliphatic heterocycles. The van der Waals surface area contributed by atoms with Crippen LogP contribution in [0.5, 0.6) is 0 Å². The number of benzene rings is 1. The Morgan fingerprint density at radius 3 is 2.50 bits per heavy atom. The molecule has 0 spiro atoms. The van der Waals surface area contributed by atoms with E-state index in [1.165, 1.54) is 0 Å². The van der Waals surface area contributed by atoms with Crippen molar-refractivity contribution in [3.63, 3.8) is 0 Å². The Hall–Kier alpha value is -1.55. The van der Waals surface area contributed by atoms with Gasteiger partial charge in [-0.3, -0.25) is 5.32 Å². The Morgan fingerprint density at radius 2 is 1.94 bits per heavy atom. The summed E-state index contributed by atoms with van der Waals surface area (Å²) in [5.41, 5.74) is 1.27. The molecular formula is C12H19N2O2+. The van der Waals surface area contributed by atoms with Crippen LogP contribution in [0.25, 0.3) is 0 Å². The number of carbonyl (C=O) groups excluding carboxylic acids is 1. The zero-order valence-electron chi connectivity index (χ0n) is 10.2. The first-order chi connectivity index (χ1) is 7.42. The third kappa shape index (κ3) is 3.90. The second-order valence-corrected chi connectivity index (χ2v) is 4.50. The monoisotopic (exact) mass is 223 g/mol. The van der Waals surface area contributed by atoms with Crippen LogP contribution >= 0.6 is 0 Å². The Bertz CT molecular complexity index is 370. The van der Waals surface area contributed by atoms with E-state index < -0.39 is 11.7 Å². The van der Waals surface area contributed by atoms with E-state index in [9.17, 15) is 4.79 Å². The summed E-state index contributed by atoms with van der Waals surface area (Å²) >= 11 is 0. The fourth-order valence-electron chi connectivity index (χ4n) is 1.28. The van der Waals surface area contributed by atoms with E-state index in [1.54, 1.807) is 0 Å². The van der Waals surface area contributed by atoms with E-state index in [1.807, 2.05) is 57.4 Å². The van der Waals surface area contributed by atoms with E-state index in [-0.39, 0.29) is 0 Å². The molecule has 0 saturated carbocycles. The molecule has 0 fully saturated rings. The quantitative estimate of drug-likeness (QED) is 0.752. The van der Waals surface area contributed by atoms with Gasteiger partial charge in [0.15, 0.2) is 5.69 Å².